The monoisotopic (exact) mass is 320 g/mol. The van der Waals surface area contributed by atoms with Gasteiger partial charge in [0.05, 0.1) is 0 Å². The fourth-order valence-electron chi connectivity index (χ4n) is 2.62. The molecule has 1 heterocycles. The highest BCUT2D eigenvalue weighted by atomic mass is 16.1. The Morgan fingerprint density at radius 2 is 1.75 bits per heavy atom. The zero-order valence-electron chi connectivity index (χ0n) is 13.8. The van der Waals surface area contributed by atoms with E-state index in [4.69, 9.17) is 0 Å². The van der Waals surface area contributed by atoms with E-state index < -0.39 is 0 Å². The number of carbonyl (C=O) groups excluding carboxylic acids is 1. The number of aromatic nitrogens is 3. The molecule has 0 bridgehead atoms. The van der Waals surface area contributed by atoms with E-state index in [1.165, 1.54) is 0 Å². The van der Waals surface area contributed by atoms with Crippen LogP contribution in [0.2, 0.25) is 0 Å². The average Bonchev–Trinajstić information content (AvgIpc) is 3.06. The highest BCUT2D eigenvalue weighted by Crippen LogP contribution is 2.19. The molecular formula is C19H20N4O. The lowest BCUT2D eigenvalue weighted by Crippen LogP contribution is -2.28. The van der Waals surface area contributed by atoms with Crippen molar-refractivity contribution < 1.29 is 4.79 Å². The first kappa shape index (κ1) is 15.9. The standard InChI is InChI=1S/C19H20N4O/c1-14(18-22-21-13-23(18)2)12-20-19(24)17-10-8-16(9-11-17)15-6-4-3-5-7-15/h3-11,13-14H,12H2,1-2H3,(H,20,24)/t14-/m1/s1. The molecule has 122 valence electrons. The molecule has 0 aliphatic heterocycles. The molecule has 5 nitrogen and oxygen atoms in total. The van der Waals surface area contributed by atoms with Crippen LogP contribution in [0.1, 0.15) is 29.0 Å². The van der Waals surface area contributed by atoms with Crippen molar-refractivity contribution >= 4 is 5.91 Å². The van der Waals surface area contributed by atoms with Crippen LogP contribution in [-0.4, -0.2) is 27.2 Å². The number of benzene rings is 2. The molecule has 0 saturated carbocycles. The van der Waals surface area contributed by atoms with Gasteiger partial charge in [-0.15, -0.1) is 10.2 Å². The summed E-state index contributed by atoms with van der Waals surface area (Å²) in [7, 11) is 1.90. The van der Waals surface area contributed by atoms with Gasteiger partial charge in [0.1, 0.15) is 12.2 Å². The number of amides is 1. The Labute approximate surface area is 141 Å². The van der Waals surface area contributed by atoms with Crippen molar-refractivity contribution in [2.75, 3.05) is 6.54 Å². The first-order valence-corrected chi connectivity index (χ1v) is 7.92. The third-order valence-electron chi connectivity index (χ3n) is 4.01. The number of aryl methyl sites for hydroxylation is 1. The molecule has 3 rings (SSSR count). The van der Waals surface area contributed by atoms with E-state index in [1.54, 1.807) is 6.33 Å². The van der Waals surface area contributed by atoms with Crippen LogP contribution in [0.25, 0.3) is 11.1 Å². The maximum Gasteiger partial charge on any atom is 0.251 e. The summed E-state index contributed by atoms with van der Waals surface area (Å²) < 4.78 is 1.87. The fourth-order valence-corrected chi connectivity index (χ4v) is 2.62. The second-order valence-electron chi connectivity index (χ2n) is 5.85. The first-order valence-electron chi connectivity index (χ1n) is 7.92. The van der Waals surface area contributed by atoms with Crippen LogP contribution in [-0.2, 0) is 7.05 Å². The van der Waals surface area contributed by atoms with E-state index in [1.807, 2.05) is 61.0 Å². The Morgan fingerprint density at radius 1 is 1.08 bits per heavy atom. The van der Waals surface area contributed by atoms with Crippen LogP contribution in [0.4, 0.5) is 0 Å². The Morgan fingerprint density at radius 3 is 2.38 bits per heavy atom. The SMILES string of the molecule is C[C@H](CNC(=O)c1ccc(-c2ccccc2)cc1)c1nncn1C. The molecule has 0 fully saturated rings. The summed E-state index contributed by atoms with van der Waals surface area (Å²) >= 11 is 0. The molecule has 0 aliphatic carbocycles. The largest absolute Gasteiger partial charge is 0.351 e. The summed E-state index contributed by atoms with van der Waals surface area (Å²) in [5.41, 5.74) is 2.89. The lowest BCUT2D eigenvalue weighted by molar-refractivity contribution is 0.0951. The first-order chi connectivity index (χ1) is 11.6. The molecule has 0 saturated heterocycles. The maximum atomic E-state index is 12.3. The van der Waals surface area contributed by atoms with Crippen molar-refractivity contribution in [2.24, 2.45) is 7.05 Å². The fraction of sp³-hybridized carbons (Fsp3) is 0.211. The molecule has 1 amide bonds. The smallest absolute Gasteiger partial charge is 0.251 e. The van der Waals surface area contributed by atoms with Crippen molar-refractivity contribution in [2.45, 2.75) is 12.8 Å². The zero-order chi connectivity index (χ0) is 16.9. The van der Waals surface area contributed by atoms with Crippen LogP contribution in [0, 0.1) is 0 Å². The maximum absolute atomic E-state index is 12.3. The summed E-state index contributed by atoms with van der Waals surface area (Å²) in [6, 6.07) is 17.7. The average molecular weight is 320 g/mol. The number of hydrogen-bond acceptors (Lipinski definition) is 3. The number of nitrogens with zero attached hydrogens (tertiary/aromatic N) is 3. The molecule has 1 aromatic heterocycles. The molecule has 0 aliphatic rings. The number of nitrogens with one attached hydrogen (secondary N) is 1. The predicted molar refractivity (Wildman–Crippen MR) is 93.6 cm³/mol. The molecule has 2 aromatic carbocycles. The van der Waals surface area contributed by atoms with Gasteiger partial charge >= 0.3 is 0 Å². The van der Waals surface area contributed by atoms with Crippen LogP contribution < -0.4 is 5.32 Å². The molecule has 0 radical (unpaired) electrons. The van der Waals surface area contributed by atoms with Gasteiger partial charge in [-0.3, -0.25) is 4.79 Å². The van der Waals surface area contributed by atoms with E-state index in [9.17, 15) is 4.79 Å². The third kappa shape index (κ3) is 3.51. The van der Waals surface area contributed by atoms with Gasteiger partial charge in [-0.25, -0.2) is 0 Å². The summed E-state index contributed by atoms with van der Waals surface area (Å²) in [5.74, 6) is 0.878. The van der Waals surface area contributed by atoms with E-state index >= 15 is 0 Å². The molecule has 1 N–H and O–H groups in total. The summed E-state index contributed by atoms with van der Waals surface area (Å²) in [4.78, 5) is 12.3. The Balaban J connectivity index is 1.62. The van der Waals surface area contributed by atoms with Gasteiger partial charge in [-0.2, -0.15) is 0 Å². The lowest BCUT2D eigenvalue weighted by atomic mass is 10.0. The number of hydrogen-bond donors (Lipinski definition) is 1. The van der Waals surface area contributed by atoms with Crippen LogP contribution in [0.5, 0.6) is 0 Å². The van der Waals surface area contributed by atoms with Gasteiger partial charge in [0.15, 0.2) is 0 Å². The van der Waals surface area contributed by atoms with Gasteiger partial charge in [0.25, 0.3) is 5.91 Å². The number of rotatable bonds is 5. The topological polar surface area (TPSA) is 59.8 Å². The summed E-state index contributed by atoms with van der Waals surface area (Å²) in [6.07, 6.45) is 1.66. The molecular weight excluding hydrogens is 300 g/mol. The lowest BCUT2D eigenvalue weighted by Gasteiger charge is -2.12. The van der Waals surface area contributed by atoms with Crippen molar-refractivity contribution in [1.29, 1.82) is 0 Å². The predicted octanol–water partition coefficient (Wildman–Crippen LogP) is 3.02. The van der Waals surface area contributed by atoms with Crippen LogP contribution >= 0.6 is 0 Å². The van der Waals surface area contributed by atoms with Gasteiger partial charge in [0, 0.05) is 25.1 Å². The van der Waals surface area contributed by atoms with Crippen LogP contribution in [0.3, 0.4) is 0 Å². The molecule has 1 atom stereocenters. The zero-order valence-corrected chi connectivity index (χ0v) is 13.8. The normalized spacial score (nSPS) is 11.9. The quantitative estimate of drug-likeness (QED) is 0.786. The van der Waals surface area contributed by atoms with Gasteiger partial charge in [-0.1, -0.05) is 49.4 Å². The van der Waals surface area contributed by atoms with E-state index in [0.717, 1.165) is 17.0 Å². The molecule has 3 aromatic rings. The Hall–Kier alpha value is -2.95. The molecule has 24 heavy (non-hydrogen) atoms. The van der Waals surface area contributed by atoms with E-state index in [-0.39, 0.29) is 11.8 Å². The van der Waals surface area contributed by atoms with Crippen LogP contribution in [0.15, 0.2) is 60.9 Å². The third-order valence-corrected chi connectivity index (χ3v) is 4.01. The molecule has 0 spiro atoms. The minimum Gasteiger partial charge on any atom is -0.351 e. The van der Waals surface area contributed by atoms with Gasteiger partial charge in [-0.05, 0) is 23.3 Å². The van der Waals surface area contributed by atoms with Crippen molar-refractivity contribution in [1.82, 2.24) is 20.1 Å². The number of carbonyl (C=O) groups is 1. The van der Waals surface area contributed by atoms with Gasteiger partial charge < -0.3 is 9.88 Å². The van der Waals surface area contributed by atoms with Gasteiger partial charge in [0.2, 0.25) is 0 Å². The van der Waals surface area contributed by atoms with Crippen molar-refractivity contribution in [3.8, 4) is 11.1 Å². The highest BCUT2D eigenvalue weighted by molar-refractivity contribution is 5.94. The second kappa shape index (κ2) is 7.08. The Kier molecular flexibility index (Phi) is 4.70. The summed E-state index contributed by atoms with van der Waals surface area (Å²) in [6.45, 7) is 2.54. The minimum absolute atomic E-state index is 0.0800. The summed E-state index contributed by atoms with van der Waals surface area (Å²) in [5, 5.41) is 10.9. The molecule has 5 heteroatoms. The minimum atomic E-state index is -0.0800. The second-order valence-corrected chi connectivity index (χ2v) is 5.85. The van der Waals surface area contributed by atoms with E-state index in [0.29, 0.717) is 12.1 Å². The van der Waals surface area contributed by atoms with Crippen molar-refractivity contribution in [3.63, 3.8) is 0 Å². The van der Waals surface area contributed by atoms with E-state index in [2.05, 4.69) is 27.6 Å². The molecule has 0 unspecified atom stereocenters. The van der Waals surface area contributed by atoms with Crippen molar-refractivity contribution in [3.05, 3.63) is 72.3 Å². The Bertz CT molecular complexity index is 809. The highest BCUT2D eigenvalue weighted by Gasteiger charge is 2.13.